The van der Waals surface area contributed by atoms with Crippen molar-refractivity contribution in [3.8, 4) is 0 Å². The summed E-state index contributed by atoms with van der Waals surface area (Å²) in [7, 11) is 4.17. The lowest BCUT2D eigenvalue weighted by Crippen LogP contribution is -2.35. The van der Waals surface area contributed by atoms with Crippen LogP contribution in [0.4, 0.5) is 0 Å². The predicted molar refractivity (Wildman–Crippen MR) is 78.1 cm³/mol. The average molecular weight is 267 g/mol. The molecule has 19 heavy (non-hydrogen) atoms. The maximum Gasteiger partial charge on any atom is 0.220 e. The molecule has 1 saturated heterocycles. The third kappa shape index (κ3) is 4.77. The number of rotatable bonds is 7. The minimum Gasteiger partial charge on any atom is -0.355 e. The Morgan fingerprint density at radius 3 is 2.53 bits per heavy atom. The molecule has 0 unspecified atom stereocenters. The third-order valence-electron chi connectivity index (χ3n) is 4.79. The molecule has 0 aromatic carbocycles. The average Bonchev–Trinajstić information content (AvgIpc) is 3.17. The first-order valence-corrected chi connectivity index (χ1v) is 7.73. The number of piperidine rings is 1. The fourth-order valence-electron chi connectivity index (χ4n) is 3.03. The lowest BCUT2D eigenvalue weighted by Gasteiger charge is -2.28. The first-order valence-electron chi connectivity index (χ1n) is 7.73. The Bertz CT molecular complexity index is 294. The molecule has 0 spiro atoms. The molecule has 4 nitrogen and oxygen atoms in total. The van der Waals surface area contributed by atoms with Crippen molar-refractivity contribution in [3.05, 3.63) is 0 Å². The Morgan fingerprint density at radius 2 is 1.95 bits per heavy atom. The zero-order valence-electron chi connectivity index (χ0n) is 12.5. The number of hydrogen-bond donors (Lipinski definition) is 2. The molecule has 0 bridgehead atoms. The Morgan fingerprint density at radius 1 is 1.26 bits per heavy atom. The van der Waals surface area contributed by atoms with Gasteiger partial charge in [-0.05, 0) is 65.2 Å². The number of likely N-dealkylation sites (tertiary alicyclic amines) is 1. The Balaban J connectivity index is 1.57. The highest BCUT2D eigenvalue weighted by molar-refractivity contribution is 5.75. The molecule has 1 heterocycles. The van der Waals surface area contributed by atoms with E-state index in [1.807, 2.05) is 7.05 Å². The number of carbonyl (C=O) groups excluding carboxylic acids is 1. The van der Waals surface area contributed by atoms with Gasteiger partial charge >= 0.3 is 0 Å². The summed E-state index contributed by atoms with van der Waals surface area (Å²) in [5.41, 5.74) is 0.373. The van der Waals surface area contributed by atoms with Gasteiger partial charge < -0.3 is 15.5 Å². The van der Waals surface area contributed by atoms with Crippen LogP contribution in [0.1, 0.15) is 38.5 Å². The van der Waals surface area contributed by atoms with Crippen LogP contribution in [0, 0.1) is 11.3 Å². The van der Waals surface area contributed by atoms with Gasteiger partial charge in [-0.15, -0.1) is 0 Å². The molecule has 2 fully saturated rings. The zero-order valence-corrected chi connectivity index (χ0v) is 12.5. The second kappa shape index (κ2) is 6.71. The number of hydrogen-bond acceptors (Lipinski definition) is 3. The predicted octanol–water partition coefficient (Wildman–Crippen LogP) is 1.22. The molecule has 0 atom stereocenters. The maximum atomic E-state index is 11.9. The van der Waals surface area contributed by atoms with Crippen LogP contribution in [0.3, 0.4) is 0 Å². The van der Waals surface area contributed by atoms with E-state index in [-0.39, 0.29) is 5.91 Å². The molecular formula is C15H29N3O. The van der Waals surface area contributed by atoms with Gasteiger partial charge in [0, 0.05) is 24.9 Å². The normalized spacial score (nSPS) is 23.3. The van der Waals surface area contributed by atoms with Crippen LogP contribution in [-0.2, 0) is 4.79 Å². The van der Waals surface area contributed by atoms with Crippen molar-refractivity contribution in [2.45, 2.75) is 38.5 Å². The van der Waals surface area contributed by atoms with Crippen molar-refractivity contribution in [1.82, 2.24) is 15.5 Å². The van der Waals surface area contributed by atoms with E-state index in [0.29, 0.717) is 11.8 Å². The van der Waals surface area contributed by atoms with Gasteiger partial charge in [-0.2, -0.15) is 0 Å². The van der Waals surface area contributed by atoms with Crippen LogP contribution in [0.2, 0.25) is 0 Å². The monoisotopic (exact) mass is 267 g/mol. The highest BCUT2D eigenvalue weighted by atomic mass is 16.1. The van der Waals surface area contributed by atoms with Crippen LogP contribution in [0.15, 0.2) is 0 Å². The molecule has 1 aliphatic heterocycles. The first-order chi connectivity index (χ1) is 9.13. The fourth-order valence-corrected chi connectivity index (χ4v) is 3.03. The lowest BCUT2D eigenvalue weighted by molar-refractivity contribution is -0.121. The van der Waals surface area contributed by atoms with Crippen molar-refractivity contribution in [2.75, 3.05) is 40.3 Å². The Hall–Kier alpha value is -0.610. The summed E-state index contributed by atoms with van der Waals surface area (Å²) < 4.78 is 0. The number of carbonyl (C=O) groups is 1. The summed E-state index contributed by atoms with van der Waals surface area (Å²) in [6.07, 6.45) is 6.80. The quantitative estimate of drug-likeness (QED) is 0.729. The largest absolute Gasteiger partial charge is 0.355 e. The third-order valence-corrected chi connectivity index (χ3v) is 4.79. The van der Waals surface area contributed by atoms with Gasteiger partial charge in [0.2, 0.25) is 5.91 Å². The minimum absolute atomic E-state index is 0.251. The van der Waals surface area contributed by atoms with Crippen molar-refractivity contribution in [1.29, 1.82) is 0 Å². The summed E-state index contributed by atoms with van der Waals surface area (Å²) in [6.45, 7) is 4.28. The minimum atomic E-state index is 0.251. The molecule has 2 N–H and O–H groups in total. The second-order valence-electron chi connectivity index (χ2n) is 6.59. The highest BCUT2D eigenvalue weighted by Crippen LogP contribution is 2.44. The Kier molecular flexibility index (Phi) is 5.22. The van der Waals surface area contributed by atoms with E-state index in [1.54, 1.807) is 0 Å². The molecular weight excluding hydrogens is 238 g/mol. The van der Waals surface area contributed by atoms with Gasteiger partial charge in [0.05, 0.1) is 0 Å². The van der Waals surface area contributed by atoms with Crippen LogP contribution >= 0.6 is 0 Å². The molecule has 2 rings (SSSR count). The van der Waals surface area contributed by atoms with Gasteiger partial charge in [-0.1, -0.05) is 0 Å². The molecule has 1 aliphatic carbocycles. The van der Waals surface area contributed by atoms with Crippen molar-refractivity contribution in [3.63, 3.8) is 0 Å². The summed E-state index contributed by atoms with van der Waals surface area (Å²) in [5, 5.41) is 6.36. The summed E-state index contributed by atoms with van der Waals surface area (Å²) in [5.74, 6) is 1.01. The number of amides is 1. The molecule has 2 aliphatic rings. The van der Waals surface area contributed by atoms with Gasteiger partial charge in [0.25, 0.3) is 0 Å². The second-order valence-corrected chi connectivity index (χ2v) is 6.59. The van der Waals surface area contributed by atoms with E-state index in [4.69, 9.17) is 0 Å². The van der Waals surface area contributed by atoms with Crippen molar-refractivity contribution >= 4 is 5.91 Å². The van der Waals surface area contributed by atoms with E-state index >= 15 is 0 Å². The van der Waals surface area contributed by atoms with Gasteiger partial charge in [0.15, 0.2) is 0 Å². The molecule has 0 aromatic heterocycles. The molecule has 1 amide bonds. The zero-order chi connectivity index (χ0) is 13.7. The maximum absolute atomic E-state index is 11.9. The number of nitrogens with zero attached hydrogens (tertiary/aromatic N) is 1. The van der Waals surface area contributed by atoms with Gasteiger partial charge in [-0.25, -0.2) is 0 Å². The van der Waals surface area contributed by atoms with Gasteiger partial charge in [-0.3, -0.25) is 4.79 Å². The first kappa shape index (κ1) is 14.8. The lowest BCUT2D eigenvalue weighted by atomic mass is 9.92. The fraction of sp³-hybridized carbons (Fsp3) is 0.933. The summed E-state index contributed by atoms with van der Waals surface area (Å²) in [6, 6.07) is 0. The van der Waals surface area contributed by atoms with E-state index < -0.39 is 0 Å². The van der Waals surface area contributed by atoms with Gasteiger partial charge in [0.1, 0.15) is 0 Å². The van der Waals surface area contributed by atoms with Crippen LogP contribution in [-0.4, -0.2) is 51.1 Å². The smallest absolute Gasteiger partial charge is 0.220 e. The molecule has 0 aromatic rings. The molecule has 110 valence electrons. The summed E-state index contributed by atoms with van der Waals surface area (Å²) in [4.78, 5) is 14.3. The highest BCUT2D eigenvalue weighted by Gasteiger charge is 2.41. The van der Waals surface area contributed by atoms with E-state index in [2.05, 4.69) is 22.6 Å². The van der Waals surface area contributed by atoms with E-state index in [1.165, 1.54) is 38.8 Å². The van der Waals surface area contributed by atoms with E-state index in [9.17, 15) is 4.79 Å². The molecule has 0 radical (unpaired) electrons. The van der Waals surface area contributed by atoms with Crippen molar-refractivity contribution in [2.24, 2.45) is 11.3 Å². The van der Waals surface area contributed by atoms with Crippen LogP contribution in [0.5, 0.6) is 0 Å². The topological polar surface area (TPSA) is 44.4 Å². The Labute approximate surface area is 117 Å². The van der Waals surface area contributed by atoms with E-state index in [0.717, 1.165) is 25.4 Å². The van der Waals surface area contributed by atoms with Crippen molar-refractivity contribution < 1.29 is 4.79 Å². The standard InChI is InChI=1S/C15H29N3O/c1-16-11-15(7-8-15)12-17-14(19)4-3-13-5-9-18(2)10-6-13/h13,16H,3-12H2,1-2H3,(H,17,19). The SMILES string of the molecule is CNCC1(CNC(=O)CCC2CCN(C)CC2)CC1. The number of nitrogens with one attached hydrogen (secondary N) is 2. The summed E-state index contributed by atoms with van der Waals surface area (Å²) >= 11 is 0. The molecule has 4 heteroatoms. The van der Waals surface area contributed by atoms with Crippen LogP contribution in [0.25, 0.3) is 0 Å². The molecule has 1 saturated carbocycles. The van der Waals surface area contributed by atoms with Crippen LogP contribution < -0.4 is 10.6 Å².